The Bertz CT molecular complexity index is 989. The molecular formula is C22H19FN2O3. The minimum absolute atomic E-state index is 0.120. The van der Waals surface area contributed by atoms with Crippen LogP contribution in [-0.2, 0) is 11.2 Å². The molecule has 0 spiro atoms. The van der Waals surface area contributed by atoms with Crippen molar-refractivity contribution >= 4 is 23.0 Å². The summed E-state index contributed by atoms with van der Waals surface area (Å²) in [5.41, 5.74) is 3.07. The van der Waals surface area contributed by atoms with Crippen molar-refractivity contribution in [3.63, 3.8) is 0 Å². The first kappa shape index (κ1) is 17.9. The van der Waals surface area contributed by atoms with Crippen LogP contribution >= 0.6 is 0 Å². The van der Waals surface area contributed by atoms with Crippen LogP contribution < -0.4 is 20.1 Å². The second kappa shape index (κ2) is 8.00. The lowest BCUT2D eigenvalue weighted by Crippen LogP contribution is -2.15. The van der Waals surface area contributed by atoms with Gasteiger partial charge in [0.25, 0.3) is 0 Å². The lowest BCUT2D eigenvalue weighted by molar-refractivity contribution is -0.115. The number of rotatable bonds is 5. The van der Waals surface area contributed by atoms with Crippen molar-refractivity contribution in [3.05, 3.63) is 78.1 Å². The van der Waals surface area contributed by atoms with Gasteiger partial charge < -0.3 is 20.1 Å². The van der Waals surface area contributed by atoms with Crippen molar-refractivity contribution in [1.82, 2.24) is 0 Å². The van der Waals surface area contributed by atoms with E-state index in [1.807, 2.05) is 42.5 Å². The van der Waals surface area contributed by atoms with Crippen molar-refractivity contribution in [2.75, 3.05) is 23.8 Å². The van der Waals surface area contributed by atoms with Crippen molar-refractivity contribution in [1.29, 1.82) is 0 Å². The van der Waals surface area contributed by atoms with Crippen LogP contribution in [0, 0.1) is 5.82 Å². The molecule has 1 aliphatic heterocycles. The summed E-state index contributed by atoms with van der Waals surface area (Å²) in [4.78, 5) is 12.1. The Balaban J connectivity index is 1.36. The van der Waals surface area contributed by atoms with Gasteiger partial charge in [-0.1, -0.05) is 12.1 Å². The molecular weight excluding hydrogens is 359 g/mol. The van der Waals surface area contributed by atoms with Gasteiger partial charge in [-0.25, -0.2) is 4.39 Å². The smallest absolute Gasteiger partial charge is 0.228 e. The third-order valence-corrected chi connectivity index (χ3v) is 4.25. The zero-order chi connectivity index (χ0) is 19.3. The fourth-order valence-electron chi connectivity index (χ4n) is 2.96. The number of nitrogens with one attached hydrogen (secondary N) is 2. The van der Waals surface area contributed by atoms with Crippen LogP contribution in [0.1, 0.15) is 5.56 Å². The fraction of sp³-hybridized carbons (Fsp3) is 0.136. The zero-order valence-electron chi connectivity index (χ0n) is 15.1. The van der Waals surface area contributed by atoms with Gasteiger partial charge in [0.2, 0.25) is 5.91 Å². The first-order valence-corrected chi connectivity index (χ1v) is 8.97. The molecule has 28 heavy (non-hydrogen) atoms. The monoisotopic (exact) mass is 378 g/mol. The molecule has 1 aliphatic rings. The van der Waals surface area contributed by atoms with Gasteiger partial charge >= 0.3 is 0 Å². The molecule has 6 heteroatoms. The standard InChI is InChI=1S/C22H19FN2O3/c23-16-3-1-2-15(12-16)13-22(26)25-18-6-4-17(5-7-18)24-19-8-9-20-21(14-19)28-11-10-27-20/h1-9,12,14,24H,10-11,13H2,(H,25,26). The summed E-state index contributed by atoms with van der Waals surface area (Å²) in [6, 6.07) is 19.1. The van der Waals surface area contributed by atoms with E-state index >= 15 is 0 Å². The van der Waals surface area contributed by atoms with Crippen LogP contribution in [-0.4, -0.2) is 19.1 Å². The van der Waals surface area contributed by atoms with E-state index in [0.717, 1.165) is 22.9 Å². The maximum atomic E-state index is 13.2. The Morgan fingerprint density at radius 1 is 0.857 bits per heavy atom. The van der Waals surface area contributed by atoms with Crippen molar-refractivity contribution in [2.45, 2.75) is 6.42 Å². The largest absolute Gasteiger partial charge is 0.486 e. The molecule has 2 N–H and O–H groups in total. The first-order chi connectivity index (χ1) is 13.7. The molecule has 1 heterocycles. The van der Waals surface area contributed by atoms with Gasteiger partial charge in [0.05, 0.1) is 6.42 Å². The number of carbonyl (C=O) groups excluding carboxylic acids is 1. The molecule has 0 aliphatic carbocycles. The second-order valence-electron chi connectivity index (χ2n) is 6.42. The van der Waals surface area contributed by atoms with E-state index in [9.17, 15) is 9.18 Å². The van der Waals surface area contributed by atoms with Crippen LogP contribution in [0.2, 0.25) is 0 Å². The molecule has 3 aromatic carbocycles. The van der Waals surface area contributed by atoms with Crippen molar-refractivity contribution in [2.24, 2.45) is 0 Å². The van der Waals surface area contributed by atoms with E-state index in [0.29, 0.717) is 24.5 Å². The number of anilines is 3. The number of fused-ring (bicyclic) bond motifs is 1. The molecule has 142 valence electrons. The minimum atomic E-state index is -0.347. The predicted octanol–water partition coefficient (Wildman–Crippen LogP) is 4.52. The average molecular weight is 378 g/mol. The molecule has 0 fully saturated rings. The predicted molar refractivity (Wildman–Crippen MR) is 106 cm³/mol. The van der Waals surface area contributed by atoms with Crippen LogP contribution in [0.5, 0.6) is 11.5 Å². The molecule has 0 atom stereocenters. The van der Waals surface area contributed by atoms with Crippen LogP contribution in [0.25, 0.3) is 0 Å². The second-order valence-corrected chi connectivity index (χ2v) is 6.42. The summed E-state index contributed by atoms with van der Waals surface area (Å²) in [7, 11) is 0. The average Bonchev–Trinajstić information content (AvgIpc) is 2.69. The molecule has 0 unspecified atom stereocenters. The Morgan fingerprint density at radius 3 is 2.36 bits per heavy atom. The lowest BCUT2D eigenvalue weighted by Gasteiger charge is -2.19. The Labute approximate surface area is 162 Å². The topological polar surface area (TPSA) is 59.6 Å². The van der Waals surface area contributed by atoms with E-state index in [1.54, 1.807) is 12.1 Å². The highest BCUT2D eigenvalue weighted by molar-refractivity contribution is 5.92. The highest BCUT2D eigenvalue weighted by Gasteiger charge is 2.11. The number of hydrogen-bond acceptors (Lipinski definition) is 4. The molecule has 3 aromatic rings. The van der Waals surface area contributed by atoms with Gasteiger partial charge in [0.15, 0.2) is 11.5 Å². The number of benzene rings is 3. The maximum Gasteiger partial charge on any atom is 0.228 e. The highest BCUT2D eigenvalue weighted by atomic mass is 19.1. The van der Waals surface area contributed by atoms with Gasteiger partial charge in [-0.3, -0.25) is 4.79 Å². The molecule has 0 bridgehead atoms. The Morgan fingerprint density at radius 2 is 1.57 bits per heavy atom. The molecule has 0 aromatic heterocycles. The van der Waals surface area contributed by atoms with E-state index in [2.05, 4.69) is 10.6 Å². The van der Waals surface area contributed by atoms with Gasteiger partial charge in [0.1, 0.15) is 19.0 Å². The van der Waals surface area contributed by atoms with Crippen LogP contribution in [0.15, 0.2) is 66.7 Å². The summed E-state index contributed by atoms with van der Waals surface area (Å²) in [6.07, 6.45) is 0.120. The van der Waals surface area contributed by atoms with Crippen LogP contribution in [0.3, 0.4) is 0 Å². The molecule has 0 saturated heterocycles. The van der Waals surface area contributed by atoms with Gasteiger partial charge in [0, 0.05) is 23.1 Å². The number of amides is 1. The van der Waals surface area contributed by atoms with E-state index in [-0.39, 0.29) is 18.1 Å². The summed E-state index contributed by atoms with van der Waals surface area (Å²) in [6.45, 7) is 1.10. The van der Waals surface area contributed by atoms with Gasteiger partial charge in [-0.15, -0.1) is 0 Å². The van der Waals surface area contributed by atoms with Gasteiger partial charge in [-0.2, -0.15) is 0 Å². The maximum absolute atomic E-state index is 13.2. The molecule has 0 radical (unpaired) electrons. The highest BCUT2D eigenvalue weighted by Crippen LogP contribution is 2.33. The quantitative estimate of drug-likeness (QED) is 0.685. The number of carbonyl (C=O) groups is 1. The van der Waals surface area contributed by atoms with E-state index in [1.165, 1.54) is 12.1 Å². The zero-order valence-corrected chi connectivity index (χ0v) is 15.1. The van der Waals surface area contributed by atoms with Gasteiger partial charge in [-0.05, 0) is 54.1 Å². The molecule has 5 nitrogen and oxygen atoms in total. The Hall–Kier alpha value is -3.54. The number of halogens is 1. The molecule has 4 rings (SSSR count). The molecule has 0 saturated carbocycles. The van der Waals surface area contributed by atoms with E-state index in [4.69, 9.17) is 9.47 Å². The lowest BCUT2D eigenvalue weighted by atomic mass is 10.1. The third-order valence-electron chi connectivity index (χ3n) is 4.25. The minimum Gasteiger partial charge on any atom is -0.486 e. The third kappa shape index (κ3) is 4.40. The molecule has 1 amide bonds. The normalized spacial score (nSPS) is 12.3. The van der Waals surface area contributed by atoms with Crippen molar-refractivity contribution in [3.8, 4) is 11.5 Å². The van der Waals surface area contributed by atoms with Crippen LogP contribution in [0.4, 0.5) is 21.5 Å². The first-order valence-electron chi connectivity index (χ1n) is 8.97. The summed E-state index contributed by atoms with van der Waals surface area (Å²) in [5.74, 6) is 0.920. The van der Waals surface area contributed by atoms with E-state index < -0.39 is 0 Å². The summed E-state index contributed by atoms with van der Waals surface area (Å²) < 4.78 is 24.3. The SMILES string of the molecule is O=C(Cc1cccc(F)c1)Nc1ccc(Nc2ccc3c(c2)OCCO3)cc1. The number of hydrogen-bond donors (Lipinski definition) is 2. The Kier molecular flexibility index (Phi) is 5.10. The number of ether oxygens (including phenoxy) is 2. The van der Waals surface area contributed by atoms with Crippen molar-refractivity contribution < 1.29 is 18.7 Å². The fourth-order valence-corrected chi connectivity index (χ4v) is 2.96. The summed E-state index contributed by atoms with van der Waals surface area (Å²) >= 11 is 0. The summed E-state index contributed by atoms with van der Waals surface area (Å²) in [5, 5.41) is 6.11.